The number of hydrazone groups is 1. The number of aryl methyl sites for hydroxylation is 1. The lowest BCUT2D eigenvalue weighted by Gasteiger charge is -2.21. The molecule has 0 radical (unpaired) electrons. The molecular formula is C17H27N3O3. The first kappa shape index (κ1) is 18.8. The van der Waals surface area contributed by atoms with Gasteiger partial charge >= 0.3 is 5.97 Å². The van der Waals surface area contributed by atoms with Gasteiger partial charge in [0.25, 0.3) is 0 Å². The second kappa shape index (κ2) is 9.02. The summed E-state index contributed by atoms with van der Waals surface area (Å²) in [6.07, 6.45) is 3.68. The van der Waals surface area contributed by atoms with E-state index in [1.165, 1.54) is 13.8 Å². The number of hydrogen-bond donors (Lipinski definition) is 3. The molecule has 0 amide bonds. The molecule has 0 bridgehead atoms. The number of carboxylic acids is 1. The second-order valence-electron chi connectivity index (χ2n) is 5.92. The summed E-state index contributed by atoms with van der Waals surface area (Å²) in [7, 11) is 0. The van der Waals surface area contributed by atoms with E-state index >= 15 is 0 Å². The van der Waals surface area contributed by atoms with Crippen LogP contribution in [0.5, 0.6) is 5.75 Å². The third-order valence-electron chi connectivity index (χ3n) is 3.43. The zero-order chi connectivity index (χ0) is 17.3. The van der Waals surface area contributed by atoms with Crippen LogP contribution in [0.25, 0.3) is 0 Å². The van der Waals surface area contributed by atoms with Crippen molar-refractivity contribution in [2.24, 2.45) is 10.9 Å². The Balaban J connectivity index is 2.47. The molecule has 0 atom stereocenters. The van der Waals surface area contributed by atoms with Gasteiger partial charge in [0.05, 0.1) is 0 Å². The predicted molar refractivity (Wildman–Crippen MR) is 91.6 cm³/mol. The quantitative estimate of drug-likeness (QED) is 0.281. The Labute approximate surface area is 137 Å². The van der Waals surface area contributed by atoms with Crippen LogP contribution in [0.4, 0.5) is 0 Å². The Morgan fingerprint density at radius 1 is 1.35 bits per heavy atom. The fourth-order valence-corrected chi connectivity index (χ4v) is 1.99. The number of carbonyl (C=O) groups is 1. The van der Waals surface area contributed by atoms with Gasteiger partial charge in [-0.15, -0.1) is 0 Å². The van der Waals surface area contributed by atoms with Gasteiger partial charge in [-0.2, -0.15) is 5.10 Å². The van der Waals surface area contributed by atoms with Crippen LogP contribution < -0.4 is 15.9 Å². The van der Waals surface area contributed by atoms with Crippen molar-refractivity contribution >= 4 is 11.8 Å². The van der Waals surface area contributed by atoms with Crippen LogP contribution in [0.1, 0.15) is 45.6 Å². The molecule has 1 aromatic carbocycles. The molecule has 0 aliphatic heterocycles. The molecule has 0 saturated carbocycles. The third kappa shape index (κ3) is 6.59. The monoisotopic (exact) mass is 321 g/mol. The first-order valence-electron chi connectivity index (χ1n) is 7.91. The summed E-state index contributed by atoms with van der Waals surface area (Å²) in [6, 6.07) is 7.50. The SMILES string of the molecule is CCCN/C(CCCc1ccc(OC(C)(C)C(=O)O)cc1)=N\N. The topological polar surface area (TPSA) is 96.9 Å². The highest BCUT2D eigenvalue weighted by Gasteiger charge is 2.29. The Morgan fingerprint density at radius 3 is 2.52 bits per heavy atom. The van der Waals surface area contributed by atoms with Gasteiger partial charge in [-0.1, -0.05) is 19.1 Å². The van der Waals surface area contributed by atoms with Crippen molar-refractivity contribution in [2.75, 3.05) is 6.54 Å². The van der Waals surface area contributed by atoms with Crippen LogP contribution in [0.2, 0.25) is 0 Å². The molecule has 0 spiro atoms. The largest absolute Gasteiger partial charge is 0.478 e. The molecule has 0 aliphatic carbocycles. The molecule has 0 unspecified atom stereocenters. The van der Waals surface area contributed by atoms with E-state index in [1.54, 1.807) is 12.1 Å². The molecular weight excluding hydrogens is 294 g/mol. The summed E-state index contributed by atoms with van der Waals surface area (Å²) >= 11 is 0. The third-order valence-corrected chi connectivity index (χ3v) is 3.43. The normalized spacial score (nSPS) is 12.0. The first-order chi connectivity index (χ1) is 10.9. The van der Waals surface area contributed by atoms with E-state index in [4.69, 9.17) is 15.7 Å². The van der Waals surface area contributed by atoms with Gasteiger partial charge < -0.3 is 21.0 Å². The number of hydrogen-bond acceptors (Lipinski definition) is 4. The van der Waals surface area contributed by atoms with Crippen molar-refractivity contribution in [1.82, 2.24) is 5.32 Å². The van der Waals surface area contributed by atoms with Gasteiger partial charge in [0.1, 0.15) is 11.6 Å². The number of rotatable bonds is 9. The lowest BCUT2D eigenvalue weighted by Crippen LogP contribution is -2.37. The average Bonchev–Trinajstić information content (AvgIpc) is 2.51. The zero-order valence-electron chi connectivity index (χ0n) is 14.1. The minimum absolute atomic E-state index is 0.551. The maximum absolute atomic E-state index is 11.0. The molecule has 1 rings (SSSR count). The lowest BCUT2D eigenvalue weighted by atomic mass is 10.1. The van der Waals surface area contributed by atoms with Crippen molar-refractivity contribution in [3.05, 3.63) is 29.8 Å². The number of nitrogens with two attached hydrogens (primary N) is 1. The highest BCUT2D eigenvalue weighted by Crippen LogP contribution is 2.20. The van der Waals surface area contributed by atoms with Crippen LogP contribution in [0, 0.1) is 0 Å². The van der Waals surface area contributed by atoms with Crippen molar-refractivity contribution in [1.29, 1.82) is 0 Å². The summed E-state index contributed by atoms with van der Waals surface area (Å²) in [5.41, 5.74) is -0.0729. The van der Waals surface area contributed by atoms with Gasteiger partial charge in [0.2, 0.25) is 0 Å². The minimum atomic E-state index is -1.24. The number of nitrogens with one attached hydrogen (secondary N) is 1. The summed E-state index contributed by atoms with van der Waals surface area (Å²) in [4.78, 5) is 11.0. The van der Waals surface area contributed by atoms with Crippen molar-refractivity contribution in [3.63, 3.8) is 0 Å². The number of benzene rings is 1. The maximum atomic E-state index is 11.0. The summed E-state index contributed by atoms with van der Waals surface area (Å²) in [6.45, 7) is 6.03. The van der Waals surface area contributed by atoms with Gasteiger partial charge in [-0.25, -0.2) is 4.79 Å². The Kier molecular flexibility index (Phi) is 7.38. The van der Waals surface area contributed by atoms with Crippen LogP contribution in [0.3, 0.4) is 0 Å². The van der Waals surface area contributed by atoms with E-state index in [0.717, 1.165) is 43.6 Å². The van der Waals surface area contributed by atoms with Crippen molar-refractivity contribution < 1.29 is 14.6 Å². The molecule has 0 saturated heterocycles. The van der Waals surface area contributed by atoms with Gasteiger partial charge in [0.15, 0.2) is 5.60 Å². The highest BCUT2D eigenvalue weighted by atomic mass is 16.5. The average molecular weight is 321 g/mol. The molecule has 6 heteroatoms. The van der Waals surface area contributed by atoms with E-state index < -0.39 is 11.6 Å². The Hall–Kier alpha value is -2.24. The zero-order valence-corrected chi connectivity index (χ0v) is 14.1. The smallest absolute Gasteiger partial charge is 0.347 e. The van der Waals surface area contributed by atoms with E-state index in [1.807, 2.05) is 12.1 Å². The molecule has 6 nitrogen and oxygen atoms in total. The molecule has 0 aromatic heterocycles. The van der Waals surface area contributed by atoms with Crippen LogP contribution >= 0.6 is 0 Å². The van der Waals surface area contributed by atoms with Crippen molar-refractivity contribution in [2.45, 2.75) is 52.1 Å². The minimum Gasteiger partial charge on any atom is -0.478 e. The number of amidine groups is 1. The highest BCUT2D eigenvalue weighted by molar-refractivity contribution is 5.81. The lowest BCUT2D eigenvalue weighted by molar-refractivity contribution is -0.152. The Bertz CT molecular complexity index is 524. The predicted octanol–water partition coefficient (Wildman–Crippen LogP) is 2.52. The number of ether oxygens (including phenoxy) is 1. The van der Waals surface area contributed by atoms with E-state index in [9.17, 15) is 4.79 Å². The molecule has 1 aromatic rings. The molecule has 0 fully saturated rings. The van der Waals surface area contributed by atoms with Crippen LogP contribution in [-0.4, -0.2) is 29.1 Å². The van der Waals surface area contributed by atoms with Crippen LogP contribution in [0.15, 0.2) is 29.4 Å². The molecule has 0 aliphatic rings. The molecule has 23 heavy (non-hydrogen) atoms. The van der Waals surface area contributed by atoms with E-state index in [-0.39, 0.29) is 0 Å². The Morgan fingerprint density at radius 2 is 2.00 bits per heavy atom. The van der Waals surface area contributed by atoms with E-state index in [2.05, 4.69) is 17.3 Å². The molecule has 4 N–H and O–H groups in total. The standard InChI is InChI=1S/C17H27N3O3/c1-4-12-19-15(20-18)7-5-6-13-8-10-14(11-9-13)23-17(2,3)16(21)22/h8-11H,4-7,12,18H2,1-3H3,(H,19,20)(H,21,22). The number of carboxylic acid groups (broad SMARTS) is 1. The first-order valence-corrected chi connectivity index (χ1v) is 7.91. The fourth-order valence-electron chi connectivity index (χ4n) is 1.99. The number of nitrogens with zero attached hydrogens (tertiary/aromatic N) is 1. The number of aliphatic carboxylic acids is 1. The summed E-state index contributed by atoms with van der Waals surface area (Å²) < 4.78 is 5.48. The van der Waals surface area contributed by atoms with Gasteiger partial charge in [-0.05, 0) is 50.8 Å². The fraction of sp³-hybridized carbons (Fsp3) is 0.529. The summed E-state index contributed by atoms with van der Waals surface area (Å²) in [5, 5.41) is 16.0. The van der Waals surface area contributed by atoms with Gasteiger partial charge in [-0.3, -0.25) is 0 Å². The summed E-state index contributed by atoms with van der Waals surface area (Å²) in [5.74, 6) is 5.75. The van der Waals surface area contributed by atoms with E-state index in [0.29, 0.717) is 5.75 Å². The maximum Gasteiger partial charge on any atom is 0.347 e. The second-order valence-corrected chi connectivity index (χ2v) is 5.92. The van der Waals surface area contributed by atoms with Crippen LogP contribution in [-0.2, 0) is 11.2 Å². The van der Waals surface area contributed by atoms with Crippen molar-refractivity contribution in [3.8, 4) is 5.75 Å². The molecule has 0 heterocycles. The van der Waals surface area contributed by atoms with Gasteiger partial charge in [0, 0.05) is 13.0 Å². The molecule has 128 valence electrons.